The normalized spacial score (nSPS) is 36.3. The Bertz CT molecular complexity index is 497. The molecule has 3 rings (SSSR count). The third kappa shape index (κ3) is 1.22. The molecule has 0 heterocycles. The van der Waals surface area contributed by atoms with Gasteiger partial charge < -0.3 is 0 Å². The summed E-state index contributed by atoms with van der Waals surface area (Å²) in [5.41, 5.74) is 1.40. The average Bonchev–Trinajstić information content (AvgIpc) is 2.66. The number of hydrogen-bond acceptors (Lipinski definition) is 1. The molecule has 0 amide bonds. The van der Waals surface area contributed by atoms with Crippen molar-refractivity contribution in [2.24, 2.45) is 5.41 Å². The fourth-order valence-electron chi connectivity index (χ4n) is 3.31. The molecule has 3 heteroatoms. The van der Waals surface area contributed by atoms with Crippen LogP contribution < -0.4 is 0 Å². The van der Waals surface area contributed by atoms with E-state index in [0.29, 0.717) is 28.7 Å². The smallest absolute Gasteiger partial charge is 0.134 e. The number of rotatable bonds is 1. The van der Waals surface area contributed by atoms with Gasteiger partial charge in [0.25, 0.3) is 0 Å². The lowest BCUT2D eigenvalue weighted by Gasteiger charge is -2.15. The Balaban J connectivity index is 2.06. The molecule has 0 aliphatic heterocycles. The van der Waals surface area contributed by atoms with Gasteiger partial charge in [-0.15, -0.1) is 0 Å². The predicted octanol–water partition coefficient (Wildman–Crippen LogP) is 4.00. The third-order valence-electron chi connectivity index (χ3n) is 4.28. The Labute approximate surface area is 105 Å². The van der Waals surface area contributed by atoms with Gasteiger partial charge in [0.1, 0.15) is 5.78 Å². The zero-order valence-corrected chi connectivity index (χ0v) is 10.5. The van der Waals surface area contributed by atoms with Gasteiger partial charge in [-0.3, -0.25) is 4.79 Å². The van der Waals surface area contributed by atoms with Crippen LogP contribution in [0.3, 0.4) is 0 Å². The minimum atomic E-state index is 0.0539. The first-order chi connectivity index (χ1) is 7.47. The highest BCUT2D eigenvalue weighted by Gasteiger charge is 2.69. The maximum Gasteiger partial charge on any atom is 0.134 e. The third-order valence-corrected chi connectivity index (χ3v) is 5.02. The monoisotopic (exact) mass is 254 g/mol. The fourth-order valence-corrected chi connectivity index (χ4v) is 3.61. The lowest BCUT2D eigenvalue weighted by Crippen LogP contribution is -2.10. The number of ketones is 1. The first kappa shape index (κ1) is 10.6. The van der Waals surface area contributed by atoms with Gasteiger partial charge in [-0.25, -0.2) is 0 Å². The van der Waals surface area contributed by atoms with E-state index >= 15 is 0 Å². The molecule has 0 bridgehead atoms. The van der Waals surface area contributed by atoms with Gasteiger partial charge in [-0.2, -0.15) is 0 Å². The molecule has 0 N–H and O–H groups in total. The summed E-state index contributed by atoms with van der Waals surface area (Å²) >= 11 is 11.9. The number of carbonyl (C=O) groups excluding carboxylic acids is 1. The molecule has 0 aromatic heterocycles. The molecule has 84 valence electrons. The molecule has 1 aromatic carbocycles. The number of halogens is 2. The van der Waals surface area contributed by atoms with Crippen LogP contribution in [0.5, 0.6) is 0 Å². The maximum absolute atomic E-state index is 11.6. The average molecular weight is 255 g/mol. The van der Waals surface area contributed by atoms with Crippen LogP contribution in [-0.2, 0) is 10.2 Å². The van der Waals surface area contributed by atoms with Crippen LogP contribution in [0, 0.1) is 5.41 Å². The van der Waals surface area contributed by atoms with E-state index in [4.69, 9.17) is 23.2 Å². The number of hydrogen-bond donors (Lipinski definition) is 0. The van der Waals surface area contributed by atoms with Gasteiger partial charge in [0.15, 0.2) is 0 Å². The van der Waals surface area contributed by atoms with Gasteiger partial charge in [-0.05, 0) is 29.5 Å². The molecule has 0 spiro atoms. The van der Waals surface area contributed by atoms with Crippen LogP contribution in [0.15, 0.2) is 18.2 Å². The van der Waals surface area contributed by atoms with E-state index in [1.807, 2.05) is 18.2 Å². The van der Waals surface area contributed by atoms with Gasteiger partial charge in [0.05, 0.1) is 10.0 Å². The van der Waals surface area contributed by atoms with Crippen LogP contribution in [0.25, 0.3) is 0 Å². The number of fused-ring (bicyclic) bond motifs is 1. The van der Waals surface area contributed by atoms with Crippen molar-refractivity contribution >= 4 is 29.0 Å². The van der Waals surface area contributed by atoms with E-state index < -0.39 is 0 Å². The van der Waals surface area contributed by atoms with Crippen molar-refractivity contribution < 1.29 is 4.79 Å². The minimum Gasteiger partial charge on any atom is -0.300 e. The predicted molar refractivity (Wildman–Crippen MR) is 65.1 cm³/mol. The van der Waals surface area contributed by atoms with Gasteiger partial charge in [-0.1, -0.05) is 36.2 Å². The molecule has 2 aliphatic rings. The van der Waals surface area contributed by atoms with Crippen LogP contribution in [-0.4, -0.2) is 5.78 Å². The Hall–Kier alpha value is -0.530. The van der Waals surface area contributed by atoms with E-state index in [9.17, 15) is 4.79 Å². The zero-order chi connectivity index (χ0) is 11.6. The summed E-state index contributed by atoms with van der Waals surface area (Å²) in [6, 6.07) is 5.77. The SMILES string of the molecule is C[C@@]12CC(=O)C[C@]1(c1ccc(Cl)c(Cl)c1)C2. The number of Topliss-reactive ketones (excluding diaryl/α,β-unsaturated/α-hetero) is 1. The van der Waals surface area contributed by atoms with Crippen molar-refractivity contribution in [3.05, 3.63) is 33.8 Å². The Morgan fingerprint density at radius 1 is 1.19 bits per heavy atom. The number of carbonyl (C=O) groups is 1. The Morgan fingerprint density at radius 3 is 2.50 bits per heavy atom. The van der Waals surface area contributed by atoms with Gasteiger partial charge in [0.2, 0.25) is 0 Å². The van der Waals surface area contributed by atoms with Gasteiger partial charge >= 0.3 is 0 Å². The first-order valence-corrected chi connectivity index (χ1v) is 6.20. The van der Waals surface area contributed by atoms with Crippen molar-refractivity contribution in [3.8, 4) is 0 Å². The second-order valence-electron chi connectivity index (χ2n) is 5.34. The lowest BCUT2D eigenvalue weighted by molar-refractivity contribution is -0.118. The van der Waals surface area contributed by atoms with Crippen molar-refractivity contribution in [2.45, 2.75) is 31.6 Å². The summed E-state index contributed by atoms with van der Waals surface area (Å²) in [6.07, 6.45) is 2.48. The van der Waals surface area contributed by atoms with Crippen molar-refractivity contribution in [1.29, 1.82) is 0 Å². The zero-order valence-electron chi connectivity index (χ0n) is 9.02. The fraction of sp³-hybridized carbons (Fsp3) is 0.462. The van der Waals surface area contributed by atoms with Crippen molar-refractivity contribution in [2.75, 3.05) is 0 Å². The number of benzene rings is 1. The first-order valence-electron chi connectivity index (χ1n) is 5.44. The molecule has 0 saturated heterocycles. The quantitative estimate of drug-likeness (QED) is 0.741. The molecular formula is C13H12Cl2O. The van der Waals surface area contributed by atoms with E-state index in [1.54, 1.807) is 0 Å². The molecule has 2 aliphatic carbocycles. The van der Waals surface area contributed by atoms with E-state index in [1.165, 1.54) is 5.56 Å². The van der Waals surface area contributed by atoms with Crippen LogP contribution >= 0.6 is 23.2 Å². The molecule has 0 radical (unpaired) electrons. The second-order valence-corrected chi connectivity index (χ2v) is 6.16. The highest BCUT2D eigenvalue weighted by atomic mass is 35.5. The molecule has 0 unspecified atom stereocenters. The summed E-state index contributed by atoms with van der Waals surface area (Å²) < 4.78 is 0. The Kier molecular flexibility index (Phi) is 2.01. The summed E-state index contributed by atoms with van der Waals surface area (Å²) in [4.78, 5) is 11.6. The second kappa shape index (κ2) is 3.02. The highest BCUT2D eigenvalue weighted by Crippen LogP contribution is 2.72. The van der Waals surface area contributed by atoms with Crippen molar-refractivity contribution in [3.63, 3.8) is 0 Å². The molecule has 1 nitrogen and oxygen atoms in total. The largest absolute Gasteiger partial charge is 0.300 e. The summed E-state index contributed by atoms with van der Waals surface area (Å²) in [6.45, 7) is 2.19. The molecule has 2 atom stereocenters. The van der Waals surface area contributed by atoms with E-state index in [2.05, 4.69) is 6.92 Å². The van der Waals surface area contributed by atoms with E-state index in [0.717, 1.165) is 6.42 Å². The molecule has 1 aromatic rings. The lowest BCUT2D eigenvalue weighted by atomic mass is 9.89. The van der Waals surface area contributed by atoms with Crippen LogP contribution in [0.4, 0.5) is 0 Å². The standard InChI is InChI=1S/C13H12Cl2O/c1-12-5-9(16)6-13(12,7-12)8-2-3-10(14)11(15)4-8/h2-4H,5-7H2,1H3/t12-,13+/m0/s1. The molecule has 2 saturated carbocycles. The summed E-state index contributed by atoms with van der Waals surface area (Å²) in [5, 5.41) is 1.16. The van der Waals surface area contributed by atoms with Crippen LogP contribution in [0.2, 0.25) is 10.0 Å². The topological polar surface area (TPSA) is 17.1 Å². The van der Waals surface area contributed by atoms with Crippen molar-refractivity contribution in [1.82, 2.24) is 0 Å². The Morgan fingerprint density at radius 2 is 1.94 bits per heavy atom. The molecule has 16 heavy (non-hydrogen) atoms. The highest BCUT2D eigenvalue weighted by molar-refractivity contribution is 6.42. The molecule has 2 fully saturated rings. The summed E-state index contributed by atoms with van der Waals surface area (Å²) in [7, 11) is 0. The summed E-state index contributed by atoms with van der Waals surface area (Å²) in [5.74, 6) is 0.375. The van der Waals surface area contributed by atoms with E-state index in [-0.39, 0.29) is 10.8 Å². The van der Waals surface area contributed by atoms with Gasteiger partial charge in [0, 0.05) is 18.3 Å². The minimum absolute atomic E-state index is 0.0539. The van der Waals surface area contributed by atoms with Crippen LogP contribution in [0.1, 0.15) is 31.7 Å². The maximum atomic E-state index is 11.6. The molecular weight excluding hydrogens is 243 g/mol.